The third-order valence-electron chi connectivity index (χ3n) is 3.70. The van der Waals surface area contributed by atoms with Crippen molar-refractivity contribution in [2.24, 2.45) is 4.99 Å². The smallest absolute Gasteiger partial charge is 0.422 e. The Morgan fingerprint density at radius 1 is 1.07 bits per heavy atom. The normalized spacial score (nSPS) is 11.9. The molecule has 0 saturated carbocycles. The summed E-state index contributed by atoms with van der Waals surface area (Å²) in [6.07, 6.45) is -4.33. The summed E-state index contributed by atoms with van der Waals surface area (Å²) in [6, 6.07) is 6.48. The summed E-state index contributed by atoms with van der Waals surface area (Å²) in [5.41, 5.74) is 0.894. The van der Waals surface area contributed by atoms with Gasteiger partial charge in [0.1, 0.15) is 5.75 Å². The summed E-state index contributed by atoms with van der Waals surface area (Å²) in [7, 11) is 0. The van der Waals surface area contributed by atoms with Crippen LogP contribution >= 0.6 is 24.0 Å². The fourth-order valence-electron chi connectivity index (χ4n) is 2.24. The number of nitrogens with zero attached hydrogens (tertiary/aromatic N) is 2. The average Bonchev–Trinajstić information content (AvgIpc) is 2.61. The van der Waals surface area contributed by atoms with Gasteiger partial charge < -0.3 is 20.3 Å². The first kappa shape index (κ1) is 25.8. The number of alkyl halides is 3. The van der Waals surface area contributed by atoms with Crippen molar-refractivity contribution in [1.29, 1.82) is 0 Å². The van der Waals surface area contributed by atoms with Crippen molar-refractivity contribution in [2.45, 2.75) is 33.5 Å². The van der Waals surface area contributed by atoms with Gasteiger partial charge in [0, 0.05) is 19.6 Å². The predicted octanol–water partition coefficient (Wildman–Crippen LogP) is 3.64. The van der Waals surface area contributed by atoms with Gasteiger partial charge in [0.15, 0.2) is 12.6 Å². The van der Waals surface area contributed by atoms with E-state index in [0.717, 1.165) is 44.2 Å². The molecule has 0 spiro atoms. The maximum atomic E-state index is 12.1. The lowest BCUT2D eigenvalue weighted by Crippen LogP contribution is -2.41. The molecule has 2 N–H and O–H groups in total. The van der Waals surface area contributed by atoms with E-state index in [2.05, 4.69) is 34.4 Å². The molecule has 1 rings (SSSR count). The highest BCUT2D eigenvalue weighted by Crippen LogP contribution is 2.19. The molecular formula is C18H30F3IN4O. The Bertz CT molecular complexity index is 534. The summed E-state index contributed by atoms with van der Waals surface area (Å²) < 4.78 is 41.1. The molecular weight excluding hydrogens is 472 g/mol. The molecule has 0 heterocycles. The fraction of sp³-hybridized carbons (Fsp3) is 0.611. The van der Waals surface area contributed by atoms with Crippen molar-refractivity contribution in [2.75, 3.05) is 39.3 Å². The number of likely N-dealkylation sites (N-methyl/N-ethyl adjacent to an activating group) is 1. The van der Waals surface area contributed by atoms with Crippen LogP contribution in [0, 0.1) is 0 Å². The highest BCUT2D eigenvalue weighted by molar-refractivity contribution is 14.0. The lowest BCUT2D eigenvalue weighted by molar-refractivity contribution is -0.153. The van der Waals surface area contributed by atoms with Gasteiger partial charge in [0.05, 0.1) is 6.54 Å². The zero-order valence-corrected chi connectivity index (χ0v) is 18.4. The minimum Gasteiger partial charge on any atom is -0.484 e. The molecule has 1 aromatic rings. The molecule has 0 radical (unpaired) electrons. The molecule has 0 aromatic heterocycles. The third kappa shape index (κ3) is 12.0. The molecule has 0 unspecified atom stereocenters. The van der Waals surface area contributed by atoms with Crippen LogP contribution in [0.5, 0.6) is 5.75 Å². The van der Waals surface area contributed by atoms with E-state index < -0.39 is 12.8 Å². The topological polar surface area (TPSA) is 48.9 Å². The van der Waals surface area contributed by atoms with Gasteiger partial charge in [-0.05, 0) is 37.7 Å². The lowest BCUT2D eigenvalue weighted by Gasteiger charge is -2.19. The van der Waals surface area contributed by atoms with Gasteiger partial charge in [0.25, 0.3) is 0 Å². The predicted molar refractivity (Wildman–Crippen MR) is 114 cm³/mol. The maximum Gasteiger partial charge on any atom is 0.422 e. The molecule has 0 aliphatic carbocycles. The van der Waals surface area contributed by atoms with Gasteiger partial charge in [-0.15, -0.1) is 24.0 Å². The maximum absolute atomic E-state index is 12.1. The molecule has 0 saturated heterocycles. The Kier molecular flexibility index (Phi) is 13.2. The van der Waals surface area contributed by atoms with Crippen LogP contribution in [0.2, 0.25) is 0 Å². The molecule has 27 heavy (non-hydrogen) atoms. The fourth-order valence-corrected chi connectivity index (χ4v) is 2.24. The van der Waals surface area contributed by atoms with Gasteiger partial charge in [0.2, 0.25) is 0 Å². The van der Waals surface area contributed by atoms with Crippen LogP contribution in [0.1, 0.15) is 26.3 Å². The van der Waals surface area contributed by atoms with Gasteiger partial charge in [-0.2, -0.15) is 13.2 Å². The molecule has 0 bridgehead atoms. The quantitative estimate of drug-likeness (QED) is 0.292. The Balaban J connectivity index is 0.00000676. The summed E-state index contributed by atoms with van der Waals surface area (Å²) in [5, 5.41) is 6.47. The van der Waals surface area contributed by atoms with E-state index in [9.17, 15) is 13.2 Å². The zero-order chi connectivity index (χ0) is 19.4. The number of guanidine groups is 1. The summed E-state index contributed by atoms with van der Waals surface area (Å²) in [5.74, 6) is 0.913. The molecule has 0 fully saturated rings. The minimum absolute atomic E-state index is 0. The van der Waals surface area contributed by atoms with Crippen molar-refractivity contribution in [1.82, 2.24) is 15.5 Å². The second kappa shape index (κ2) is 13.9. The first-order chi connectivity index (χ1) is 12.4. The first-order valence-corrected chi connectivity index (χ1v) is 8.91. The number of hydrogen-bond donors (Lipinski definition) is 2. The Morgan fingerprint density at radius 2 is 1.70 bits per heavy atom. The molecule has 0 atom stereocenters. The number of aliphatic imine (C=N–C) groups is 1. The second-order valence-corrected chi connectivity index (χ2v) is 5.70. The average molecular weight is 502 g/mol. The van der Waals surface area contributed by atoms with E-state index in [0.29, 0.717) is 6.54 Å². The SMILES string of the molecule is CCNC(=NCc1ccc(OCC(F)(F)F)cc1)NCCN(CC)CC.I. The van der Waals surface area contributed by atoms with E-state index in [-0.39, 0.29) is 29.7 Å². The monoisotopic (exact) mass is 502 g/mol. The number of benzene rings is 1. The molecule has 0 aliphatic rings. The summed E-state index contributed by atoms with van der Waals surface area (Å²) in [6.45, 7) is 9.89. The number of halogens is 4. The third-order valence-corrected chi connectivity index (χ3v) is 3.70. The standard InChI is InChI=1S/C18H29F3N4O.HI/c1-4-22-17(23-11-12-25(5-2)6-3)24-13-15-7-9-16(10-8-15)26-14-18(19,20)21;/h7-10H,4-6,11-14H2,1-3H3,(H2,22,23,24);1H. The molecule has 0 aliphatic heterocycles. The van der Waals surface area contributed by atoms with Crippen LogP contribution in [0.25, 0.3) is 0 Å². The zero-order valence-electron chi connectivity index (χ0n) is 16.1. The summed E-state index contributed by atoms with van der Waals surface area (Å²) >= 11 is 0. The van der Waals surface area contributed by atoms with E-state index in [1.165, 1.54) is 12.1 Å². The number of ether oxygens (including phenoxy) is 1. The van der Waals surface area contributed by atoms with Crippen LogP contribution in [0.3, 0.4) is 0 Å². The van der Waals surface area contributed by atoms with Crippen LogP contribution < -0.4 is 15.4 Å². The highest BCUT2D eigenvalue weighted by Gasteiger charge is 2.28. The Hall–Kier alpha value is -1.23. The van der Waals surface area contributed by atoms with Crippen molar-refractivity contribution >= 4 is 29.9 Å². The van der Waals surface area contributed by atoms with Crippen LogP contribution in [0.15, 0.2) is 29.3 Å². The van der Waals surface area contributed by atoms with Gasteiger partial charge in [-0.3, -0.25) is 0 Å². The summed E-state index contributed by atoms with van der Waals surface area (Å²) in [4.78, 5) is 6.82. The molecule has 1 aromatic carbocycles. The first-order valence-electron chi connectivity index (χ1n) is 8.91. The van der Waals surface area contributed by atoms with Gasteiger partial charge in [-0.25, -0.2) is 4.99 Å². The van der Waals surface area contributed by atoms with Crippen LogP contribution in [-0.2, 0) is 6.54 Å². The van der Waals surface area contributed by atoms with Gasteiger partial charge >= 0.3 is 6.18 Å². The highest BCUT2D eigenvalue weighted by atomic mass is 127. The van der Waals surface area contributed by atoms with Crippen molar-refractivity contribution in [3.05, 3.63) is 29.8 Å². The molecule has 5 nitrogen and oxygen atoms in total. The van der Waals surface area contributed by atoms with E-state index in [1.807, 2.05) is 6.92 Å². The van der Waals surface area contributed by atoms with Crippen molar-refractivity contribution in [3.8, 4) is 5.75 Å². The number of nitrogens with one attached hydrogen (secondary N) is 2. The van der Waals surface area contributed by atoms with Crippen molar-refractivity contribution in [3.63, 3.8) is 0 Å². The Morgan fingerprint density at radius 3 is 2.22 bits per heavy atom. The number of rotatable bonds is 10. The van der Waals surface area contributed by atoms with Gasteiger partial charge in [-0.1, -0.05) is 26.0 Å². The molecule has 0 amide bonds. The second-order valence-electron chi connectivity index (χ2n) is 5.70. The van der Waals surface area contributed by atoms with Crippen LogP contribution in [-0.4, -0.2) is 56.4 Å². The number of hydrogen-bond acceptors (Lipinski definition) is 3. The minimum atomic E-state index is -4.33. The van der Waals surface area contributed by atoms with Crippen LogP contribution in [0.4, 0.5) is 13.2 Å². The molecule has 156 valence electrons. The largest absolute Gasteiger partial charge is 0.484 e. The Labute approximate surface area is 176 Å². The van der Waals surface area contributed by atoms with E-state index in [1.54, 1.807) is 12.1 Å². The van der Waals surface area contributed by atoms with E-state index in [4.69, 9.17) is 4.74 Å². The lowest BCUT2D eigenvalue weighted by atomic mass is 10.2. The molecule has 9 heteroatoms. The van der Waals surface area contributed by atoms with Crippen molar-refractivity contribution < 1.29 is 17.9 Å². The van der Waals surface area contributed by atoms with E-state index >= 15 is 0 Å².